The van der Waals surface area contributed by atoms with Crippen molar-refractivity contribution in [3.8, 4) is 0 Å². The monoisotopic (exact) mass is 153 g/mol. The maximum absolute atomic E-state index is 5.38. The van der Waals surface area contributed by atoms with Gasteiger partial charge in [-0.05, 0) is 19.8 Å². The number of allylic oxidation sites excluding steroid dienone is 1. The van der Waals surface area contributed by atoms with Gasteiger partial charge in [-0.25, -0.2) is 4.99 Å². The molecular formula is C9H15NO. The Morgan fingerprint density at radius 2 is 2.09 bits per heavy atom. The molecule has 0 aliphatic carbocycles. The quantitative estimate of drug-likeness (QED) is 0.566. The van der Waals surface area contributed by atoms with Gasteiger partial charge in [-0.1, -0.05) is 13.8 Å². The second kappa shape index (κ2) is 2.68. The van der Waals surface area contributed by atoms with Crippen molar-refractivity contribution in [3.63, 3.8) is 0 Å². The Labute approximate surface area is 68.0 Å². The molecule has 2 nitrogen and oxygen atoms in total. The van der Waals surface area contributed by atoms with Crippen molar-refractivity contribution in [1.82, 2.24) is 0 Å². The van der Waals surface area contributed by atoms with Gasteiger partial charge in [-0.15, -0.1) is 0 Å². The summed E-state index contributed by atoms with van der Waals surface area (Å²) in [4.78, 5) is 4.25. The van der Waals surface area contributed by atoms with Crippen molar-refractivity contribution in [3.05, 3.63) is 11.8 Å². The molecule has 1 rings (SSSR count). The number of rotatable bonds is 1. The van der Waals surface area contributed by atoms with Crippen LogP contribution in [0.15, 0.2) is 16.8 Å². The summed E-state index contributed by atoms with van der Waals surface area (Å²) in [6.45, 7) is 8.13. The third-order valence-electron chi connectivity index (χ3n) is 1.67. The molecule has 1 heterocycles. The summed E-state index contributed by atoms with van der Waals surface area (Å²) in [6, 6.07) is 0. The molecule has 0 aromatic carbocycles. The van der Waals surface area contributed by atoms with Gasteiger partial charge in [0, 0.05) is 11.8 Å². The SMILES string of the molecule is CC(C)C1=COC(C)(C)N=C1. The van der Waals surface area contributed by atoms with Gasteiger partial charge < -0.3 is 4.74 Å². The van der Waals surface area contributed by atoms with Crippen molar-refractivity contribution >= 4 is 6.21 Å². The lowest BCUT2D eigenvalue weighted by Gasteiger charge is -2.24. The minimum atomic E-state index is -0.363. The fourth-order valence-electron chi connectivity index (χ4n) is 0.788. The van der Waals surface area contributed by atoms with Crippen LogP contribution < -0.4 is 0 Å². The Hall–Kier alpha value is -0.790. The number of nitrogens with zero attached hydrogens (tertiary/aromatic N) is 1. The molecule has 0 bridgehead atoms. The molecule has 2 heteroatoms. The van der Waals surface area contributed by atoms with E-state index in [0.29, 0.717) is 5.92 Å². The van der Waals surface area contributed by atoms with E-state index in [1.165, 1.54) is 0 Å². The lowest BCUT2D eigenvalue weighted by molar-refractivity contribution is 0.0620. The Morgan fingerprint density at radius 1 is 1.45 bits per heavy atom. The molecule has 1 aliphatic heterocycles. The smallest absolute Gasteiger partial charge is 0.193 e. The van der Waals surface area contributed by atoms with Crippen molar-refractivity contribution < 1.29 is 4.74 Å². The molecule has 1 aliphatic rings. The molecule has 0 saturated heterocycles. The fourth-order valence-corrected chi connectivity index (χ4v) is 0.788. The Kier molecular flexibility index (Phi) is 2.03. The van der Waals surface area contributed by atoms with Crippen LogP contribution in [0.3, 0.4) is 0 Å². The van der Waals surface area contributed by atoms with Crippen LogP contribution in [0.1, 0.15) is 27.7 Å². The average Bonchev–Trinajstić information content (AvgIpc) is 1.86. The van der Waals surface area contributed by atoms with Gasteiger partial charge in [0.1, 0.15) is 0 Å². The van der Waals surface area contributed by atoms with Gasteiger partial charge in [-0.2, -0.15) is 0 Å². The molecular weight excluding hydrogens is 138 g/mol. The van der Waals surface area contributed by atoms with Crippen LogP contribution in [0.2, 0.25) is 0 Å². The summed E-state index contributed by atoms with van der Waals surface area (Å²) in [5.74, 6) is 0.495. The highest BCUT2D eigenvalue weighted by molar-refractivity contribution is 5.79. The van der Waals surface area contributed by atoms with Crippen LogP contribution in [0, 0.1) is 5.92 Å². The van der Waals surface area contributed by atoms with Crippen LogP contribution in [-0.2, 0) is 4.74 Å². The summed E-state index contributed by atoms with van der Waals surface area (Å²) in [7, 11) is 0. The van der Waals surface area contributed by atoms with Crippen molar-refractivity contribution in [2.75, 3.05) is 0 Å². The van der Waals surface area contributed by atoms with Crippen molar-refractivity contribution in [2.24, 2.45) is 10.9 Å². The van der Waals surface area contributed by atoms with E-state index in [9.17, 15) is 0 Å². The number of hydrogen-bond acceptors (Lipinski definition) is 2. The maximum Gasteiger partial charge on any atom is 0.193 e. The third-order valence-corrected chi connectivity index (χ3v) is 1.67. The molecule has 0 aromatic heterocycles. The second-order valence-electron chi connectivity index (χ2n) is 3.60. The second-order valence-corrected chi connectivity index (χ2v) is 3.60. The van der Waals surface area contributed by atoms with Crippen LogP contribution >= 0.6 is 0 Å². The Bertz CT molecular complexity index is 202. The Balaban J connectivity index is 2.68. The molecule has 0 radical (unpaired) electrons. The normalized spacial score (nSPS) is 21.4. The third kappa shape index (κ3) is 2.07. The minimum absolute atomic E-state index is 0.363. The van der Waals surface area contributed by atoms with Gasteiger partial charge >= 0.3 is 0 Å². The summed E-state index contributed by atoms with van der Waals surface area (Å²) < 4.78 is 5.38. The largest absolute Gasteiger partial charge is 0.474 e. The molecule has 0 saturated carbocycles. The molecule has 0 fully saturated rings. The standard InChI is InChI=1S/C9H15NO/c1-7(2)8-5-10-9(3,4)11-6-8/h5-7H,1-4H3. The van der Waals surface area contributed by atoms with E-state index in [0.717, 1.165) is 5.57 Å². The van der Waals surface area contributed by atoms with Gasteiger partial charge in [0.15, 0.2) is 5.72 Å². The van der Waals surface area contributed by atoms with E-state index in [-0.39, 0.29) is 5.72 Å². The van der Waals surface area contributed by atoms with Gasteiger partial charge in [0.25, 0.3) is 0 Å². The van der Waals surface area contributed by atoms with Crippen LogP contribution in [0.25, 0.3) is 0 Å². The first-order valence-electron chi connectivity index (χ1n) is 3.94. The lowest BCUT2D eigenvalue weighted by atomic mass is 10.1. The van der Waals surface area contributed by atoms with E-state index in [2.05, 4.69) is 18.8 Å². The fraction of sp³-hybridized carbons (Fsp3) is 0.667. The molecule has 0 aromatic rings. The predicted molar refractivity (Wildman–Crippen MR) is 46.6 cm³/mol. The topological polar surface area (TPSA) is 21.6 Å². The molecule has 0 unspecified atom stereocenters. The van der Waals surface area contributed by atoms with Gasteiger partial charge in [0.05, 0.1) is 6.26 Å². The highest BCUT2D eigenvalue weighted by Gasteiger charge is 2.19. The first-order chi connectivity index (χ1) is 5.01. The van der Waals surface area contributed by atoms with Crippen molar-refractivity contribution in [1.29, 1.82) is 0 Å². The summed E-state index contributed by atoms with van der Waals surface area (Å²) >= 11 is 0. The van der Waals surface area contributed by atoms with Gasteiger partial charge in [0.2, 0.25) is 0 Å². The molecule has 0 amide bonds. The highest BCUT2D eigenvalue weighted by atomic mass is 16.5. The Morgan fingerprint density at radius 3 is 2.45 bits per heavy atom. The van der Waals surface area contributed by atoms with E-state index in [1.54, 1.807) is 6.26 Å². The van der Waals surface area contributed by atoms with E-state index < -0.39 is 0 Å². The van der Waals surface area contributed by atoms with Crippen LogP contribution in [-0.4, -0.2) is 11.9 Å². The molecule has 62 valence electrons. The first kappa shape index (κ1) is 8.31. The zero-order chi connectivity index (χ0) is 8.48. The number of ether oxygens (including phenoxy) is 1. The van der Waals surface area contributed by atoms with Crippen molar-refractivity contribution in [2.45, 2.75) is 33.4 Å². The lowest BCUT2D eigenvalue weighted by Crippen LogP contribution is -2.23. The number of hydrogen-bond donors (Lipinski definition) is 0. The zero-order valence-corrected chi connectivity index (χ0v) is 7.59. The average molecular weight is 153 g/mol. The van der Waals surface area contributed by atoms with Crippen LogP contribution in [0.5, 0.6) is 0 Å². The maximum atomic E-state index is 5.38. The first-order valence-corrected chi connectivity index (χ1v) is 3.94. The summed E-state index contributed by atoms with van der Waals surface area (Å²) in [6.07, 6.45) is 3.70. The summed E-state index contributed by atoms with van der Waals surface area (Å²) in [5, 5.41) is 0. The van der Waals surface area contributed by atoms with E-state index in [4.69, 9.17) is 4.74 Å². The predicted octanol–water partition coefficient (Wildman–Crippen LogP) is 2.36. The van der Waals surface area contributed by atoms with E-state index >= 15 is 0 Å². The molecule has 11 heavy (non-hydrogen) atoms. The minimum Gasteiger partial charge on any atom is -0.474 e. The van der Waals surface area contributed by atoms with Gasteiger partial charge in [-0.3, -0.25) is 0 Å². The molecule has 0 N–H and O–H groups in total. The van der Waals surface area contributed by atoms with E-state index in [1.807, 2.05) is 20.1 Å². The summed E-state index contributed by atoms with van der Waals surface area (Å²) in [5.41, 5.74) is 0.794. The zero-order valence-electron chi connectivity index (χ0n) is 7.59. The molecule has 0 atom stereocenters. The number of aliphatic imine (C=N–C) groups is 1. The van der Waals surface area contributed by atoms with Crippen LogP contribution in [0.4, 0.5) is 0 Å². The highest BCUT2D eigenvalue weighted by Crippen LogP contribution is 2.19. The molecule has 0 spiro atoms.